The van der Waals surface area contributed by atoms with Gasteiger partial charge in [0.1, 0.15) is 0 Å². The predicted molar refractivity (Wildman–Crippen MR) is 79.7 cm³/mol. The van der Waals surface area contributed by atoms with Gasteiger partial charge in [0.2, 0.25) is 0 Å². The minimum absolute atomic E-state index is 0.862. The molecule has 18 heavy (non-hydrogen) atoms. The van der Waals surface area contributed by atoms with Gasteiger partial charge in [-0.1, -0.05) is 51.4 Å². The Morgan fingerprint density at radius 3 is 1.56 bits per heavy atom. The van der Waals surface area contributed by atoms with E-state index in [1.807, 2.05) is 0 Å². The van der Waals surface area contributed by atoms with Gasteiger partial charge in [0.15, 0.2) is 0 Å². The highest BCUT2D eigenvalue weighted by atomic mass is 14.9. The van der Waals surface area contributed by atoms with Gasteiger partial charge >= 0.3 is 0 Å². The molecule has 2 nitrogen and oxygen atoms in total. The third-order valence-corrected chi connectivity index (χ3v) is 3.54. The number of hydrogen-bond acceptors (Lipinski definition) is 1. The molecule has 0 unspecified atom stereocenters. The first kappa shape index (κ1) is 15.3. The topological polar surface area (TPSA) is 30.9 Å². The van der Waals surface area contributed by atoms with Gasteiger partial charge in [-0.15, -0.1) is 0 Å². The Morgan fingerprint density at radius 1 is 0.611 bits per heavy atom. The Kier molecular flexibility index (Phi) is 9.64. The van der Waals surface area contributed by atoms with E-state index >= 15 is 0 Å². The van der Waals surface area contributed by atoms with Crippen LogP contribution in [-0.2, 0) is 6.54 Å². The first-order valence-electron chi connectivity index (χ1n) is 7.74. The summed E-state index contributed by atoms with van der Waals surface area (Å²) in [5.41, 5.74) is 5.47. The quantitative estimate of drug-likeness (QED) is 0.549. The van der Waals surface area contributed by atoms with Gasteiger partial charge in [-0.3, -0.25) is 0 Å². The third kappa shape index (κ3) is 8.35. The first-order valence-corrected chi connectivity index (χ1v) is 7.74. The minimum Gasteiger partial charge on any atom is -0.354 e. The molecule has 0 aliphatic rings. The molecule has 0 aliphatic carbocycles. The van der Waals surface area contributed by atoms with Gasteiger partial charge in [-0.05, 0) is 31.5 Å². The molecule has 0 radical (unpaired) electrons. The second-order valence-electron chi connectivity index (χ2n) is 5.25. The van der Waals surface area contributed by atoms with Crippen LogP contribution in [0.4, 0.5) is 0 Å². The van der Waals surface area contributed by atoms with Gasteiger partial charge in [0.25, 0.3) is 0 Å². The zero-order valence-corrected chi connectivity index (χ0v) is 11.8. The molecule has 104 valence electrons. The number of nitrogens with zero attached hydrogens (tertiary/aromatic N) is 1. The van der Waals surface area contributed by atoms with Crippen LogP contribution in [0.5, 0.6) is 0 Å². The molecule has 0 saturated heterocycles. The van der Waals surface area contributed by atoms with Crippen LogP contribution in [-0.4, -0.2) is 11.1 Å². The lowest BCUT2D eigenvalue weighted by atomic mass is 10.1. The van der Waals surface area contributed by atoms with E-state index in [1.54, 1.807) is 0 Å². The minimum atomic E-state index is 0.862. The van der Waals surface area contributed by atoms with E-state index in [9.17, 15) is 0 Å². The monoisotopic (exact) mass is 250 g/mol. The summed E-state index contributed by atoms with van der Waals surface area (Å²) in [5.74, 6) is 0. The SMILES string of the molecule is NCCCCCCCCCCCCn1cccc1. The number of aryl methyl sites for hydroxylation is 1. The lowest BCUT2D eigenvalue weighted by Gasteiger charge is -2.03. The highest BCUT2D eigenvalue weighted by Gasteiger charge is 1.93. The smallest absolute Gasteiger partial charge is 0.0219 e. The first-order chi connectivity index (χ1) is 8.93. The number of nitrogens with two attached hydrogens (primary N) is 1. The molecule has 0 amide bonds. The molecule has 0 aliphatic heterocycles. The number of rotatable bonds is 12. The Labute approximate surface area is 113 Å². The largest absolute Gasteiger partial charge is 0.354 e. The van der Waals surface area contributed by atoms with Crippen LogP contribution >= 0.6 is 0 Å². The highest BCUT2D eigenvalue weighted by Crippen LogP contribution is 2.10. The van der Waals surface area contributed by atoms with Gasteiger partial charge in [-0.2, -0.15) is 0 Å². The molecule has 0 aromatic carbocycles. The molecule has 2 N–H and O–H groups in total. The fourth-order valence-corrected chi connectivity index (χ4v) is 2.37. The summed E-state index contributed by atoms with van der Waals surface area (Å²) >= 11 is 0. The zero-order valence-electron chi connectivity index (χ0n) is 11.8. The van der Waals surface area contributed by atoms with E-state index in [2.05, 4.69) is 29.1 Å². The Morgan fingerprint density at radius 2 is 1.06 bits per heavy atom. The number of aromatic nitrogens is 1. The van der Waals surface area contributed by atoms with Crippen molar-refractivity contribution in [2.24, 2.45) is 5.73 Å². The van der Waals surface area contributed by atoms with Crippen molar-refractivity contribution < 1.29 is 0 Å². The summed E-state index contributed by atoms with van der Waals surface area (Å²) in [7, 11) is 0. The fourth-order valence-electron chi connectivity index (χ4n) is 2.37. The van der Waals surface area contributed by atoms with E-state index in [0.29, 0.717) is 0 Å². The molecule has 1 aromatic heterocycles. The van der Waals surface area contributed by atoms with Crippen LogP contribution in [0.25, 0.3) is 0 Å². The highest BCUT2D eigenvalue weighted by molar-refractivity contribution is 4.89. The van der Waals surface area contributed by atoms with Gasteiger partial charge < -0.3 is 10.3 Å². The van der Waals surface area contributed by atoms with Crippen molar-refractivity contribution in [1.29, 1.82) is 0 Å². The predicted octanol–water partition coefficient (Wildman–Crippen LogP) is 4.35. The average molecular weight is 250 g/mol. The molecular weight excluding hydrogens is 220 g/mol. The van der Waals surface area contributed by atoms with Crippen LogP contribution in [0.1, 0.15) is 64.2 Å². The van der Waals surface area contributed by atoms with Crippen molar-refractivity contribution in [3.05, 3.63) is 24.5 Å². The van der Waals surface area contributed by atoms with Crippen molar-refractivity contribution in [3.8, 4) is 0 Å². The molecule has 1 rings (SSSR count). The molecular formula is C16H30N2. The molecule has 2 heteroatoms. The molecule has 1 heterocycles. The van der Waals surface area contributed by atoms with Crippen LogP contribution < -0.4 is 5.73 Å². The summed E-state index contributed by atoms with van der Waals surface area (Å²) in [6, 6.07) is 4.20. The summed E-state index contributed by atoms with van der Waals surface area (Å²) in [5, 5.41) is 0. The van der Waals surface area contributed by atoms with Crippen molar-refractivity contribution in [3.63, 3.8) is 0 Å². The summed E-state index contributed by atoms with van der Waals surface area (Å²) < 4.78 is 2.28. The van der Waals surface area contributed by atoms with Crippen LogP contribution in [0.15, 0.2) is 24.5 Å². The zero-order chi connectivity index (χ0) is 12.9. The molecule has 0 atom stereocenters. The van der Waals surface area contributed by atoms with E-state index in [4.69, 9.17) is 5.73 Å². The van der Waals surface area contributed by atoms with E-state index < -0.39 is 0 Å². The maximum atomic E-state index is 5.47. The van der Waals surface area contributed by atoms with Gasteiger partial charge in [0.05, 0.1) is 0 Å². The lowest BCUT2D eigenvalue weighted by Crippen LogP contribution is -1.97. The second-order valence-corrected chi connectivity index (χ2v) is 5.25. The molecule has 0 saturated carbocycles. The van der Waals surface area contributed by atoms with E-state index in [1.165, 1.54) is 70.8 Å². The van der Waals surface area contributed by atoms with E-state index in [-0.39, 0.29) is 0 Å². The molecule has 1 aromatic rings. The van der Waals surface area contributed by atoms with Crippen molar-refractivity contribution in [2.45, 2.75) is 70.8 Å². The third-order valence-electron chi connectivity index (χ3n) is 3.54. The van der Waals surface area contributed by atoms with Gasteiger partial charge in [-0.25, -0.2) is 0 Å². The second kappa shape index (κ2) is 11.3. The molecule has 0 spiro atoms. The standard InChI is InChI=1S/C16H30N2/c17-13-9-7-5-3-1-2-4-6-8-10-14-18-15-11-12-16-18/h11-12,15-16H,1-10,13-14,17H2. The van der Waals surface area contributed by atoms with E-state index in [0.717, 1.165) is 6.54 Å². The summed E-state index contributed by atoms with van der Waals surface area (Å²) in [6.45, 7) is 2.05. The van der Waals surface area contributed by atoms with Crippen molar-refractivity contribution in [2.75, 3.05) is 6.54 Å². The van der Waals surface area contributed by atoms with Gasteiger partial charge in [0, 0.05) is 18.9 Å². The van der Waals surface area contributed by atoms with Crippen molar-refractivity contribution in [1.82, 2.24) is 4.57 Å². The normalized spacial score (nSPS) is 10.9. The Bertz CT molecular complexity index is 254. The van der Waals surface area contributed by atoms with Crippen LogP contribution in [0.3, 0.4) is 0 Å². The van der Waals surface area contributed by atoms with Crippen LogP contribution in [0, 0.1) is 0 Å². The molecule has 0 fully saturated rings. The fraction of sp³-hybridized carbons (Fsp3) is 0.750. The summed E-state index contributed by atoms with van der Waals surface area (Å²) in [6.07, 6.45) is 18.0. The Hall–Kier alpha value is -0.760. The average Bonchev–Trinajstić information content (AvgIpc) is 2.89. The van der Waals surface area contributed by atoms with Crippen molar-refractivity contribution >= 4 is 0 Å². The Balaban J connectivity index is 1.73. The molecule has 0 bridgehead atoms. The number of unbranched alkanes of at least 4 members (excludes halogenated alkanes) is 9. The summed E-state index contributed by atoms with van der Waals surface area (Å²) in [4.78, 5) is 0. The van der Waals surface area contributed by atoms with Crippen LogP contribution in [0.2, 0.25) is 0 Å². The maximum Gasteiger partial charge on any atom is 0.0219 e. The maximum absolute atomic E-state index is 5.47. The number of hydrogen-bond donors (Lipinski definition) is 1. The lowest BCUT2D eigenvalue weighted by molar-refractivity contribution is 0.533.